The molecule has 2 aromatic carbocycles. The molecule has 0 fully saturated rings. The smallest absolute Gasteiger partial charge is 0.217 e. The van der Waals surface area contributed by atoms with Crippen LogP contribution in [0.1, 0.15) is 36.1 Å². The van der Waals surface area contributed by atoms with Gasteiger partial charge in [0, 0.05) is 42.0 Å². The lowest BCUT2D eigenvalue weighted by molar-refractivity contribution is -0.119. The van der Waals surface area contributed by atoms with E-state index in [1.165, 1.54) is 12.5 Å². The van der Waals surface area contributed by atoms with Crippen LogP contribution in [0.4, 0.5) is 0 Å². The quantitative estimate of drug-likeness (QED) is 0.650. The van der Waals surface area contributed by atoms with Crippen LogP contribution >= 0.6 is 0 Å². The lowest BCUT2D eigenvalue weighted by Crippen LogP contribution is -2.31. The Bertz CT molecular complexity index is 985. The summed E-state index contributed by atoms with van der Waals surface area (Å²) in [5.74, 6) is 7.15. The van der Waals surface area contributed by atoms with Gasteiger partial charge in [-0.3, -0.25) is 9.78 Å². The normalized spacial score (nSPS) is 11.1. The highest BCUT2D eigenvalue weighted by Gasteiger charge is 2.04. The van der Waals surface area contributed by atoms with Gasteiger partial charge < -0.3 is 10.1 Å². The van der Waals surface area contributed by atoms with Crippen LogP contribution in [0.2, 0.25) is 0 Å². The van der Waals surface area contributed by atoms with Crippen LogP contribution in [-0.2, 0) is 17.8 Å². The summed E-state index contributed by atoms with van der Waals surface area (Å²) in [7, 11) is 0. The molecule has 1 atom stereocenters. The molecule has 146 valence electrons. The van der Waals surface area contributed by atoms with Crippen molar-refractivity contribution in [2.24, 2.45) is 0 Å². The Balaban J connectivity index is 1.54. The zero-order valence-corrected chi connectivity index (χ0v) is 16.7. The van der Waals surface area contributed by atoms with E-state index in [2.05, 4.69) is 34.3 Å². The fraction of sp³-hybridized carbons (Fsp3) is 0.200. The van der Waals surface area contributed by atoms with Gasteiger partial charge in [-0.25, -0.2) is 0 Å². The predicted octanol–water partition coefficient (Wildman–Crippen LogP) is 4.13. The molecule has 3 rings (SSSR count). The minimum Gasteiger partial charge on any atom is -0.489 e. The van der Waals surface area contributed by atoms with E-state index in [0.29, 0.717) is 6.61 Å². The molecule has 4 nitrogen and oxygen atoms in total. The highest BCUT2D eigenvalue weighted by atomic mass is 16.5. The van der Waals surface area contributed by atoms with Crippen LogP contribution in [0.15, 0.2) is 73.1 Å². The van der Waals surface area contributed by atoms with Crippen molar-refractivity contribution in [1.82, 2.24) is 10.3 Å². The lowest BCUT2D eigenvalue weighted by atomic mass is 10.0. The summed E-state index contributed by atoms with van der Waals surface area (Å²) in [4.78, 5) is 15.2. The number of pyridine rings is 1. The maximum Gasteiger partial charge on any atom is 0.217 e. The number of nitrogens with one attached hydrogen (secondary N) is 1. The van der Waals surface area contributed by atoms with Gasteiger partial charge in [-0.05, 0) is 61.4 Å². The fourth-order valence-electron chi connectivity index (χ4n) is 2.90. The zero-order chi connectivity index (χ0) is 20.5. The van der Waals surface area contributed by atoms with Crippen molar-refractivity contribution < 1.29 is 9.53 Å². The number of aromatic nitrogens is 1. The van der Waals surface area contributed by atoms with E-state index in [1.807, 2.05) is 55.5 Å². The summed E-state index contributed by atoms with van der Waals surface area (Å²) < 4.78 is 5.76. The number of carbonyl (C=O) groups excluding carboxylic acids is 1. The third-order valence-corrected chi connectivity index (χ3v) is 4.28. The monoisotopic (exact) mass is 384 g/mol. The van der Waals surface area contributed by atoms with E-state index >= 15 is 0 Å². The minimum absolute atomic E-state index is 0.00604. The Morgan fingerprint density at radius 3 is 2.24 bits per heavy atom. The summed E-state index contributed by atoms with van der Waals surface area (Å²) in [6.45, 7) is 4.03. The summed E-state index contributed by atoms with van der Waals surface area (Å²) in [5, 5.41) is 2.90. The van der Waals surface area contributed by atoms with E-state index < -0.39 is 0 Å². The van der Waals surface area contributed by atoms with Gasteiger partial charge in [-0.1, -0.05) is 30.0 Å². The van der Waals surface area contributed by atoms with Crippen molar-refractivity contribution in [3.8, 4) is 17.6 Å². The van der Waals surface area contributed by atoms with Crippen LogP contribution in [0.25, 0.3) is 0 Å². The molecule has 4 heteroatoms. The van der Waals surface area contributed by atoms with Crippen LogP contribution in [-0.4, -0.2) is 16.9 Å². The first-order valence-corrected chi connectivity index (χ1v) is 9.58. The SMILES string of the molecule is CC(=O)NC(C)Cc1ccc(C#Cc2ccc(OCc3cccnc3)cc2)cc1. The highest BCUT2D eigenvalue weighted by molar-refractivity contribution is 5.73. The second-order valence-electron chi connectivity index (χ2n) is 6.93. The molecule has 0 saturated carbocycles. The van der Waals surface area contributed by atoms with Crippen molar-refractivity contribution in [1.29, 1.82) is 0 Å². The number of benzene rings is 2. The molecule has 0 bridgehead atoms. The number of hydrogen-bond donors (Lipinski definition) is 1. The van der Waals surface area contributed by atoms with E-state index in [4.69, 9.17) is 4.74 Å². The van der Waals surface area contributed by atoms with Crippen LogP contribution < -0.4 is 10.1 Å². The standard InChI is InChI=1S/C25H24N2O2/c1-19(27-20(2)28)16-23-9-7-21(8-10-23)5-6-22-11-13-25(14-12-22)29-18-24-4-3-15-26-17-24/h3-4,7-15,17,19H,16,18H2,1-2H3,(H,27,28). The van der Waals surface area contributed by atoms with Gasteiger partial charge in [0.15, 0.2) is 0 Å². The molecule has 1 N–H and O–H groups in total. The molecule has 1 aromatic heterocycles. The largest absolute Gasteiger partial charge is 0.489 e. The van der Waals surface area contributed by atoms with Gasteiger partial charge in [0.05, 0.1) is 0 Å². The molecule has 1 unspecified atom stereocenters. The minimum atomic E-state index is -0.00604. The number of nitrogens with zero attached hydrogens (tertiary/aromatic N) is 1. The first kappa shape index (κ1) is 20.2. The number of ether oxygens (including phenoxy) is 1. The lowest BCUT2D eigenvalue weighted by Gasteiger charge is -2.12. The van der Waals surface area contributed by atoms with E-state index in [0.717, 1.165) is 28.9 Å². The number of rotatable bonds is 6. The molecule has 0 aliphatic rings. The second kappa shape index (κ2) is 10.1. The molecule has 29 heavy (non-hydrogen) atoms. The van der Waals surface area contributed by atoms with Crippen molar-refractivity contribution in [3.63, 3.8) is 0 Å². The summed E-state index contributed by atoms with van der Waals surface area (Å²) in [5.41, 5.74) is 4.10. The van der Waals surface area contributed by atoms with Gasteiger partial charge in [-0.2, -0.15) is 0 Å². The molecule has 1 amide bonds. The summed E-state index contributed by atoms with van der Waals surface area (Å²) in [6.07, 6.45) is 4.34. The average molecular weight is 384 g/mol. The first-order chi connectivity index (χ1) is 14.1. The molecular formula is C25H24N2O2. The van der Waals surface area contributed by atoms with Crippen molar-refractivity contribution in [2.45, 2.75) is 32.9 Å². The third kappa shape index (κ3) is 6.82. The number of hydrogen-bond acceptors (Lipinski definition) is 3. The second-order valence-corrected chi connectivity index (χ2v) is 6.93. The molecule has 0 radical (unpaired) electrons. The zero-order valence-electron chi connectivity index (χ0n) is 16.7. The fourth-order valence-corrected chi connectivity index (χ4v) is 2.90. The van der Waals surface area contributed by atoms with Crippen LogP contribution in [0, 0.1) is 11.8 Å². The van der Waals surface area contributed by atoms with Crippen molar-refractivity contribution in [2.75, 3.05) is 0 Å². The topological polar surface area (TPSA) is 51.2 Å². The molecule has 3 aromatic rings. The Morgan fingerprint density at radius 2 is 1.66 bits per heavy atom. The Hall–Kier alpha value is -3.58. The maximum absolute atomic E-state index is 11.1. The van der Waals surface area contributed by atoms with E-state index in [9.17, 15) is 4.79 Å². The molecule has 0 aliphatic heterocycles. The molecular weight excluding hydrogens is 360 g/mol. The Labute approximate surface area is 172 Å². The third-order valence-electron chi connectivity index (χ3n) is 4.28. The van der Waals surface area contributed by atoms with E-state index in [1.54, 1.807) is 12.4 Å². The molecule has 0 saturated heterocycles. The Kier molecular flexibility index (Phi) is 7.02. The van der Waals surface area contributed by atoms with Gasteiger partial charge in [0.1, 0.15) is 12.4 Å². The first-order valence-electron chi connectivity index (χ1n) is 9.58. The predicted molar refractivity (Wildman–Crippen MR) is 114 cm³/mol. The number of carbonyl (C=O) groups is 1. The summed E-state index contributed by atoms with van der Waals surface area (Å²) in [6, 6.07) is 19.9. The number of amides is 1. The van der Waals surface area contributed by atoms with E-state index in [-0.39, 0.29) is 11.9 Å². The average Bonchev–Trinajstić information content (AvgIpc) is 2.73. The van der Waals surface area contributed by atoms with Gasteiger partial charge in [0.2, 0.25) is 5.91 Å². The molecule has 0 aliphatic carbocycles. The summed E-state index contributed by atoms with van der Waals surface area (Å²) >= 11 is 0. The van der Waals surface area contributed by atoms with Gasteiger partial charge >= 0.3 is 0 Å². The highest BCUT2D eigenvalue weighted by Crippen LogP contribution is 2.14. The van der Waals surface area contributed by atoms with Crippen LogP contribution in [0.5, 0.6) is 5.75 Å². The molecule has 1 heterocycles. The van der Waals surface area contributed by atoms with Gasteiger partial charge in [0.25, 0.3) is 0 Å². The maximum atomic E-state index is 11.1. The Morgan fingerprint density at radius 1 is 1.00 bits per heavy atom. The van der Waals surface area contributed by atoms with Crippen molar-refractivity contribution in [3.05, 3.63) is 95.3 Å². The molecule has 0 spiro atoms. The van der Waals surface area contributed by atoms with Crippen LogP contribution in [0.3, 0.4) is 0 Å². The van der Waals surface area contributed by atoms with Crippen molar-refractivity contribution >= 4 is 5.91 Å². The van der Waals surface area contributed by atoms with Gasteiger partial charge in [-0.15, -0.1) is 0 Å².